The summed E-state index contributed by atoms with van der Waals surface area (Å²) < 4.78 is 40.8. The molecule has 0 spiro atoms. The molecule has 2 heterocycles. The second-order valence-electron chi connectivity index (χ2n) is 7.16. The van der Waals surface area contributed by atoms with Gasteiger partial charge in [-0.2, -0.15) is 10.1 Å². The van der Waals surface area contributed by atoms with Crippen LogP contribution in [-0.4, -0.2) is 27.5 Å². The van der Waals surface area contributed by atoms with Gasteiger partial charge < -0.3 is 10.1 Å². The number of hydrazone groups is 1. The summed E-state index contributed by atoms with van der Waals surface area (Å²) in [5, 5.41) is 7.75. The Bertz CT molecular complexity index is 1280. The number of nitrogens with one attached hydrogen (secondary N) is 2. The van der Waals surface area contributed by atoms with E-state index in [4.69, 9.17) is 11.6 Å². The molecule has 0 aliphatic heterocycles. The van der Waals surface area contributed by atoms with Crippen LogP contribution in [0.25, 0.3) is 11.3 Å². The van der Waals surface area contributed by atoms with Gasteiger partial charge in [-0.1, -0.05) is 48.0 Å². The molecule has 2 aromatic heterocycles. The minimum absolute atomic E-state index is 0.233. The van der Waals surface area contributed by atoms with Crippen LogP contribution in [0.2, 0.25) is 5.15 Å². The van der Waals surface area contributed by atoms with E-state index in [0.717, 1.165) is 11.1 Å². The van der Waals surface area contributed by atoms with Crippen molar-refractivity contribution in [2.45, 2.75) is 12.9 Å². The molecule has 0 amide bonds. The summed E-state index contributed by atoms with van der Waals surface area (Å²) >= 11 is 5.84. The molecule has 178 valence electrons. The number of anilines is 2. The van der Waals surface area contributed by atoms with Crippen molar-refractivity contribution < 1.29 is 17.9 Å². The molecule has 2 N–H and O–H groups in total. The van der Waals surface area contributed by atoms with Crippen LogP contribution in [0.4, 0.5) is 24.9 Å². The molecule has 7 nitrogen and oxygen atoms in total. The second-order valence-corrected chi connectivity index (χ2v) is 7.54. The predicted molar refractivity (Wildman–Crippen MR) is 128 cm³/mol. The minimum atomic E-state index is -4.74. The van der Waals surface area contributed by atoms with Crippen molar-refractivity contribution in [2.75, 3.05) is 10.7 Å². The Labute approximate surface area is 203 Å². The first-order valence-electron chi connectivity index (χ1n) is 10.3. The Morgan fingerprint density at radius 1 is 0.971 bits per heavy atom. The van der Waals surface area contributed by atoms with Crippen LogP contribution in [0.1, 0.15) is 11.1 Å². The van der Waals surface area contributed by atoms with Crippen LogP contribution >= 0.6 is 11.6 Å². The lowest BCUT2D eigenvalue weighted by atomic mass is 10.1. The minimum Gasteiger partial charge on any atom is -0.406 e. The number of hydrogen-bond acceptors (Lipinski definition) is 7. The van der Waals surface area contributed by atoms with E-state index in [1.54, 1.807) is 12.3 Å². The SMILES string of the molecule is FC(F)(F)Oc1ccc(C=NNc2nc(NCc3ccc(Cl)nc3)cc(-c3ccccc3)n2)cc1. The van der Waals surface area contributed by atoms with Gasteiger partial charge in [0.05, 0.1) is 11.9 Å². The van der Waals surface area contributed by atoms with Gasteiger partial charge in [-0.15, -0.1) is 13.2 Å². The van der Waals surface area contributed by atoms with Gasteiger partial charge >= 0.3 is 6.36 Å². The molecule has 11 heteroatoms. The Balaban J connectivity index is 1.49. The van der Waals surface area contributed by atoms with Crippen molar-refractivity contribution in [3.8, 4) is 17.0 Å². The lowest BCUT2D eigenvalue weighted by Gasteiger charge is -2.10. The van der Waals surface area contributed by atoms with Crippen LogP contribution in [0, 0.1) is 0 Å². The van der Waals surface area contributed by atoms with Crippen molar-refractivity contribution >= 4 is 29.6 Å². The quantitative estimate of drug-likeness (QED) is 0.172. The zero-order valence-corrected chi connectivity index (χ0v) is 18.8. The summed E-state index contributed by atoms with van der Waals surface area (Å²) in [5.74, 6) is 0.477. The van der Waals surface area contributed by atoms with Gasteiger partial charge in [0.15, 0.2) is 0 Å². The fourth-order valence-electron chi connectivity index (χ4n) is 2.97. The van der Waals surface area contributed by atoms with E-state index in [1.807, 2.05) is 42.5 Å². The van der Waals surface area contributed by atoms with Gasteiger partial charge in [0, 0.05) is 24.4 Å². The van der Waals surface area contributed by atoms with Crippen LogP contribution in [0.3, 0.4) is 0 Å². The molecule has 0 bridgehead atoms. The van der Waals surface area contributed by atoms with E-state index in [0.29, 0.717) is 28.8 Å². The fourth-order valence-corrected chi connectivity index (χ4v) is 3.08. The summed E-state index contributed by atoms with van der Waals surface area (Å²) in [4.78, 5) is 13.0. The number of nitrogens with zero attached hydrogens (tertiary/aromatic N) is 4. The average Bonchev–Trinajstić information content (AvgIpc) is 2.84. The molecular formula is C24H18ClF3N6O. The number of halogens is 4. The topological polar surface area (TPSA) is 84.3 Å². The summed E-state index contributed by atoms with van der Waals surface area (Å²) in [5.41, 5.74) is 5.80. The van der Waals surface area contributed by atoms with Gasteiger partial charge in [0.1, 0.15) is 16.7 Å². The van der Waals surface area contributed by atoms with E-state index in [-0.39, 0.29) is 11.7 Å². The number of rotatable bonds is 8. The zero-order valence-electron chi connectivity index (χ0n) is 18.0. The highest BCUT2D eigenvalue weighted by molar-refractivity contribution is 6.29. The van der Waals surface area contributed by atoms with Crippen molar-refractivity contribution in [1.82, 2.24) is 15.0 Å². The third kappa shape index (κ3) is 7.41. The molecule has 35 heavy (non-hydrogen) atoms. The van der Waals surface area contributed by atoms with Gasteiger partial charge in [-0.3, -0.25) is 0 Å². The highest BCUT2D eigenvalue weighted by atomic mass is 35.5. The highest BCUT2D eigenvalue weighted by Gasteiger charge is 2.30. The Morgan fingerprint density at radius 2 is 1.74 bits per heavy atom. The number of alkyl halides is 3. The first-order valence-corrected chi connectivity index (χ1v) is 10.7. The molecule has 0 atom stereocenters. The van der Waals surface area contributed by atoms with Crippen LogP contribution in [0.5, 0.6) is 5.75 Å². The highest BCUT2D eigenvalue weighted by Crippen LogP contribution is 2.23. The van der Waals surface area contributed by atoms with E-state index in [2.05, 4.69) is 35.5 Å². The molecule has 0 radical (unpaired) electrons. The second kappa shape index (κ2) is 10.8. The molecule has 0 saturated heterocycles. The smallest absolute Gasteiger partial charge is 0.406 e. The maximum absolute atomic E-state index is 12.3. The van der Waals surface area contributed by atoms with E-state index in [9.17, 15) is 13.2 Å². The molecule has 0 aliphatic rings. The largest absolute Gasteiger partial charge is 0.573 e. The van der Waals surface area contributed by atoms with Gasteiger partial charge in [-0.25, -0.2) is 15.4 Å². The maximum atomic E-state index is 12.3. The van der Waals surface area contributed by atoms with E-state index >= 15 is 0 Å². The first kappa shape index (κ1) is 24.0. The number of benzene rings is 2. The van der Waals surface area contributed by atoms with Crippen molar-refractivity contribution in [1.29, 1.82) is 0 Å². The lowest BCUT2D eigenvalue weighted by molar-refractivity contribution is -0.274. The maximum Gasteiger partial charge on any atom is 0.573 e. The normalized spacial score (nSPS) is 11.4. The molecular weight excluding hydrogens is 481 g/mol. The van der Waals surface area contributed by atoms with Crippen LogP contribution < -0.4 is 15.5 Å². The monoisotopic (exact) mass is 498 g/mol. The van der Waals surface area contributed by atoms with E-state index < -0.39 is 6.36 Å². The van der Waals surface area contributed by atoms with Crippen LogP contribution in [0.15, 0.2) is 84.1 Å². The first-order chi connectivity index (χ1) is 16.8. The third-order valence-electron chi connectivity index (χ3n) is 4.55. The van der Waals surface area contributed by atoms with E-state index in [1.165, 1.54) is 30.5 Å². The number of hydrogen-bond donors (Lipinski definition) is 2. The molecule has 0 unspecified atom stereocenters. The standard InChI is InChI=1S/C24H18ClF3N6O/c25-21-11-8-17(13-29-21)14-30-22-12-20(18-4-2-1-3-5-18)32-23(33-22)34-31-15-16-6-9-19(10-7-16)35-24(26,27)28/h1-13,15H,14H2,(H2,30,32,33,34). The molecule has 4 rings (SSSR count). The molecule has 0 fully saturated rings. The molecule has 2 aromatic carbocycles. The van der Waals surface area contributed by atoms with Crippen LogP contribution in [-0.2, 0) is 6.54 Å². The number of ether oxygens (including phenoxy) is 1. The molecule has 4 aromatic rings. The summed E-state index contributed by atoms with van der Waals surface area (Å²) in [6.45, 7) is 0.463. The molecule has 0 aliphatic carbocycles. The van der Waals surface area contributed by atoms with Gasteiger partial charge in [0.2, 0.25) is 5.95 Å². The predicted octanol–water partition coefficient (Wildman–Crippen LogP) is 6.15. The Morgan fingerprint density at radius 3 is 2.43 bits per heavy atom. The Hall–Kier alpha value is -4.18. The number of aromatic nitrogens is 3. The van der Waals surface area contributed by atoms with Gasteiger partial charge in [0.25, 0.3) is 0 Å². The Kier molecular flexibility index (Phi) is 7.41. The molecule has 0 saturated carbocycles. The lowest BCUT2D eigenvalue weighted by Crippen LogP contribution is -2.17. The fraction of sp³-hybridized carbons (Fsp3) is 0.0833. The van der Waals surface area contributed by atoms with Crippen molar-refractivity contribution in [3.63, 3.8) is 0 Å². The summed E-state index contributed by atoms with van der Waals surface area (Å²) in [6.07, 6.45) is -1.64. The number of pyridine rings is 1. The van der Waals surface area contributed by atoms with Gasteiger partial charge in [-0.05, 0) is 41.5 Å². The summed E-state index contributed by atoms with van der Waals surface area (Å²) in [6, 6.07) is 20.2. The summed E-state index contributed by atoms with van der Waals surface area (Å²) in [7, 11) is 0. The van der Waals surface area contributed by atoms with Crippen molar-refractivity contribution in [3.05, 3.63) is 95.3 Å². The third-order valence-corrected chi connectivity index (χ3v) is 4.77. The zero-order chi connectivity index (χ0) is 24.7. The average molecular weight is 499 g/mol. The van der Waals surface area contributed by atoms with Crippen molar-refractivity contribution in [2.24, 2.45) is 5.10 Å².